The van der Waals surface area contributed by atoms with Crippen LogP contribution in [0.4, 0.5) is 4.39 Å². The quantitative estimate of drug-likeness (QED) is 0.834. The third kappa shape index (κ3) is 1.86. The maximum absolute atomic E-state index is 13.6. The molecule has 0 bridgehead atoms. The average molecular weight is 205 g/mol. The predicted molar refractivity (Wildman–Crippen MR) is 52.6 cm³/mol. The van der Waals surface area contributed by atoms with Crippen LogP contribution in [0.1, 0.15) is 25.1 Å². The number of nitrogens with zero attached hydrogens (tertiary/aromatic N) is 3. The van der Waals surface area contributed by atoms with Crippen molar-refractivity contribution in [1.29, 1.82) is 0 Å². The molecule has 1 radical (unpaired) electrons. The molecule has 0 amide bonds. The third-order valence-corrected chi connectivity index (χ3v) is 2.19. The highest BCUT2D eigenvalue weighted by atomic mass is 19.1. The van der Waals surface area contributed by atoms with E-state index in [0.29, 0.717) is 23.4 Å². The summed E-state index contributed by atoms with van der Waals surface area (Å²) in [7, 11) is 0. The largest absolute Gasteiger partial charge is 0.242 e. The summed E-state index contributed by atoms with van der Waals surface area (Å²) in [4.78, 5) is 0. The monoisotopic (exact) mass is 205 g/mol. The van der Waals surface area contributed by atoms with Gasteiger partial charge in [-0.05, 0) is 34.5 Å². The minimum atomic E-state index is -1.01. The van der Waals surface area contributed by atoms with Crippen LogP contribution in [0, 0.1) is 6.07 Å². The maximum atomic E-state index is 13.6. The molecule has 0 aliphatic rings. The molecule has 4 nitrogen and oxygen atoms in total. The molecule has 1 atom stereocenters. The molecule has 5 heteroatoms. The van der Waals surface area contributed by atoms with Gasteiger partial charge in [0.05, 0.1) is 0 Å². The molecule has 2 rings (SSSR count). The molecule has 1 aromatic heterocycles. The van der Waals surface area contributed by atoms with Gasteiger partial charge in [0.2, 0.25) is 0 Å². The van der Waals surface area contributed by atoms with E-state index in [1.54, 1.807) is 25.1 Å². The Morgan fingerprint density at radius 1 is 1.60 bits per heavy atom. The number of rotatable bonds is 3. The zero-order chi connectivity index (χ0) is 10.7. The molecule has 77 valence electrons. The Kier molecular flexibility index (Phi) is 2.71. The van der Waals surface area contributed by atoms with Gasteiger partial charge < -0.3 is 0 Å². The second-order valence-corrected chi connectivity index (χ2v) is 3.14. The number of aromatic nitrogens is 4. The van der Waals surface area contributed by atoms with Crippen LogP contribution in [0.3, 0.4) is 0 Å². The second kappa shape index (κ2) is 4.16. The molecular weight excluding hydrogens is 195 g/mol. The molecule has 0 spiro atoms. The first-order chi connectivity index (χ1) is 7.33. The van der Waals surface area contributed by atoms with Crippen molar-refractivity contribution < 1.29 is 4.39 Å². The molecule has 1 N–H and O–H groups in total. The Bertz CT molecular complexity index is 427. The van der Waals surface area contributed by atoms with Gasteiger partial charge in [-0.15, -0.1) is 5.10 Å². The van der Waals surface area contributed by atoms with E-state index in [1.807, 2.05) is 0 Å². The van der Waals surface area contributed by atoms with Crippen LogP contribution in [-0.2, 0) is 0 Å². The number of H-pyrrole nitrogens is 1. The van der Waals surface area contributed by atoms with E-state index in [1.165, 1.54) is 0 Å². The fourth-order valence-corrected chi connectivity index (χ4v) is 1.41. The fraction of sp³-hybridized carbons (Fsp3) is 0.300. The van der Waals surface area contributed by atoms with Crippen LogP contribution in [0.25, 0.3) is 11.4 Å². The first kappa shape index (κ1) is 9.76. The smallest absolute Gasteiger partial charge is 0.179 e. The Hall–Kier alpha value is -1.78. The van der Waals surface area contributed by atoms with E-state index < -0.39 is 6.17 Å². The Balaban J connectivity index is 2.47. The number of benzene rings is 1. The van der Waals surface area contributed by atoms with Crippen LogP contribution >= 0.6 is 0 Å². The van der Waals surface area contributed by atoms with Crippen molar-refractivity contribution in [1.82, 2.24) is 20.6 Å². The van der Waals surface area contributed by atoms with E-state index in [0.717, 1.165) is 0 Å². The van der Waals surface area contributed by atoms with Gasteiger partial charge >= 0.3 is 0 Å². The summed E-state index contributed by atoms with van der Waals surface area (Å²) >= 11 is 0. The lowest BCUT2D eigenvalue weighted by molar-refractivity contribution is 0.335. The standard InChI is InChI=1S/C10H10FN4/c1-2-9(11)7-5-3-4-6-8(7)10-12-14-15-13-10/h4-6,9H,2H2,1H3,(H,12,13,14,15). The molecule has 0 saturated heterocycles. The summed E-state index contributed by atoms with van der Waals surface area (Å²) in [6.45, 7) is 1.79. The number of tetrazole rings is 1. The summed E-state index contributed by atoms with van der Waals surface area (Å²) in [5, 5.41) is 13.3. The van der Waals surface area contributed by atoms with Gasteiger partial charge in [-0.3, -0.25) is 0 Å². The number of aromatic amines is 1. The van der Waals surface area contributed by atoms with E-state index in [2.05, 4.69) is 26.7 Å². The number of alkyl halides is 1. The normalized spacial score (nSPS) is 12.7. The lowest BCUT2D eigenvalue weighted by Gasteiger charge is -2.09. The summed E-state index contributed by atoms with van der Waals surface area (Å²) in [5.41, 5.74) is 1.26. The Labute approximate surface area is 86.5 Å². The lowest BCUT2D eigenvalue weighted by atomic mass is 10.0. The van der Waals surface area contributed by atoms with Gasteiger partial charge in [0, 0.05) is 5.56 Å². The molecule has 1 aromatic carbocycles. The first-order valence-corrected chi connectivity index (χ1v) is 4.71. The van der Waals surface area contributed by atoms with E-state index >= 15 is 0 Å². The molecule has 2 aromatic rings. The summed E-state index contributed by atoms with van der Waals surface area (Å²) in [5.74, 6) is 0.482. The minimum Gasteiger partial charge on any atom is -0.242 e. The second-order valence-electron chi connectivity index (χ2n) is 3.14. The SMILES string of the molecule is CCC(F)c1c[c]ccc1-c1nnn[nH]1. The van der Waals surface area contributed by atoms with Crippen molar-refractivity contribution in [2.75, 3.05) is 0 Å². The summed E-state index contributed by atoms with van der Waals surface area (Å²) in [6.07, 6.45) is -0.588. The molecule has 15 heavy (non-hydrogen) atoms. The van der Waals surface area contributed by atoms with Crippen LogP contribution in [-0.4, -0.2) is 20.6 Å². The van der Waals surface area contributed by atoms with Gasteiger partial charge in [-0.1, -0.05) is 19.1 Å². The van der Waals surface area contributed by atoms with Crippen molar-refractivity contribution in [2.24, 2.45) is 0 Å². The Morgan fingerprint density at radius 2 is 2.47 bits per heavy atom. The molecule has 1 heterocycles. The van der Waals surface area contributed by atoms with Crippen molar-refractivity contribution >= 4 is 0 Å². The van der Waals surface area contributed by atoms with Crippen LogP contribution in [0.5, 0.6) is 0 Å². The van der Waals surface area contributed by atoms with E-state index in [4.69, 9.17) is 0 Å². The molecule has 0 saturated carbocycles. The topological polar surface area (TPSA) is 54.5 Å². The maximum Gasteiger partial charge on any atom is 0.179 e. The molecular formula is C10H10FN4. The Morgan fingerprint density at radius 3 is 3.13 bits per heavy atom. The van der Waals surface area contributed by atoms with E-state index in [9.17, 15) is 4.39 Å². The summed E-state index contributed by atoms with van der Waals surface area (Å²) in [6, 6.07) is 7.95. The lowest BCUT2D eigenvalue weighted by Crippen LogP contribution is -1.95. The fourth-order valence-electron chi connectivity index (χ4n) is 1.41. The highest BCUT2D eigenvalue weighted by molar-refractivity contribution is 5.59. The molecule has 0 aliphatic heterocycles. The number of nitrogens with one attached hydrogen (secondary N) is 1. The van der Waals surface area contributed by atoms with Crippen LogP contribution in [0.15, 0.2) is 18.2 Å². The number of halogens is 1. The summed E-state index contributed by atoms with van der Waals surface area (Å²) < 4.78 is 13.6. The third-order valence-electron chi connectivity index (χ3n) is 2.19. The highest BCUT2D eigenvalue weighted by Crippen LogP contribution is 2.29. The van der Waals surface area contributed by atoms with Gasteiger partial charge in [-0.25, -0.2) is 9.49 Å². The first-order valence-electron chi connectivity index (χ1n) is 4.71. The zero-order valence-electron chi connectivity index (χ0n) is 8.24. The van der Waals surface area contributed by atoms with Crippen LogP contribution < -0.4 is 0 Å². The van der Waals surface area contributed by atoms with Gasteiger partial charge in [0.15, 0.2) is 5.82 Å². The van der Waals surface area contributed by atoms with Crippen molar-refractivity contribution in [3.63, 3.8) is 0 Å². The van der Waals surface area contributed by atoms with Gasteiger partial charge in [0.1, 0.15) is 6.17 Å². The van der Waals surface area contributed by atoms with E-state index in [-0.39, 0.29) is 0 Å². The number of hydrogen-bond acceptors (Lipinski definition) is 3. The molecule has 1 unspecified atom stereocenters. The van der Waals surface area contributed by atoms with Crippen LogP contribution in [0.2, 0.25) is 0 Å². The number of hydrogen-bond donors (Lipinski definition) is 1. The van der Waals surface area contributed by atoms with Gasteiger partial charge in [-0.2, -0.15) is 0 Å². The predicted octanol–water partition coefficient (Wildman–Crippen LogP) is 2.09. The van der Waals surface area contributed by atoms with Crippen molar-refractivity contribution in [2.45, 2.75) is 19.5 Å². The molecule has 0 aliphatic carbocycles. The molecule has 0 fully saturated rings. The highest BCUT2D eigenvalue weighted by Gasteiger charge is 2.14. The van der Waals surface area contributed by atoms with Crippen molar-refractivity contribution in [3.05, 3.63) is 29.8 Å². The minimum absolute atomic E-state index is 0.423. The van der Waals surface area contributed by atoms with Gasteiger partial charge in [0.25, 0.3) is 0 Å². The zero-order valence-corrected chi connectivity index (χ0v) is 8.24. The average Bonchev–Trinajstić information content (AvgIpc) is 2.81. The van der Waals surface area contributed by atoms with Crippen molar-refractivity contribution in [3.8, 4) is 11.4 Å².